The van der Waals surface area contributed by atoms with Gasteiger partial charge in [0, 0.05) is 12.8 Å². The van der Waals surface area contributed by atoms with Crippen LogP contribution in [0.25, 0.3) is 0 Å². The number of rotatable bonds is 36. The van der Waals surface area contributed by atoms with Gasteiger partial charge in [0.15, 0.2) is 6.10 Å². The predicted octanol–water partition coefficient (Wildman–Crippen LogP) is 12.1. The molecule has 9 heteroatoms. The Morgan fingerprint density at radius 1 is 0.529 bits per heavy atom. The minimum atomic E-state index is -4.77. The summed E-state index contributed by atoms with van der Waals surface area (Å²) in [5.74, 6) is -0.952. The predicted molar refractivity (Wildman–Crippen MR) is 211 cm³/mol. The maximum atomic E-state index is 12.4. The Labute approximate surface area is 311 Å². The molecule has 8 nitrogen and oxygen atoms in total. The molecule has 0 aromatic rings. The fourth-order valence-corrected chi connectivity index (χ4v) is 5.71. The number of hydrogen-bond donors (Lipinski definition) is 2. The number of hydrogen-bond acceptors (Lipinski definition) is 6. The summed E-state index contributed by atoms with van der Waals surface area (Å²) in [6.07, 6.45) is 46.6. The van der Waals surface area contributed by atoms with Crippen molar-refractivity contribution in [2.75, 3.05) is 13.2 Å². The van der Waals surface area contributed by atoms with E-state index < -0.39 is 32.5 Å². The Morgan fingerprint density at radius 2 is 0.941 bits per heavy atom. The number of allylic oxidation sites excluding steroid dienone is 10. The molecule has 0 saturated carbocycles. The van der Waals surface area contributed by atoms with Crippen LogP contribution in [-0.2, 0) is 28.2 Å². The van der Waals surface area contributed by atoms with E-state index in [0.717, 1.165) is 57.8 Å². The highest BCUT2D eigenvalue weighted by molar-refractivity contribution is 7.46. The van der Waals surface area contributed by atoms with Gasteiger partial charge >= 0.3 is 19.8 Å². The van der Waals surface area contributed by atoms with Crippen molar-refractivity contribution >= 4 is 19.8 Å². The number of phosphoric ester groups is 1. The van der Waals surface area contributed by atoms with Gasteiger partial charge in [-0.05, 0) is 51.4 Å². The number of phosphoric acid groups is 1. The first-order valence-corrected chi connectivity index (χ1v) is 21.6. The van der Waals surface area contributed by atoms with Gasteiger partial charge in [-0.3, -0.25) is 14.1 Å². The molecule has 0 fully saturated rings. The zero-order chi connectivity index (χ0) is 37.5. The fourth-order valence-electron chi connectivity index (χ4n) is 5.35. The van der Waals surface area contributed by atoms with Gasteiger partial charge in [-0.1, -0.05) is 171 Å². The zero-order valence-electron chi connectivity index (χ0n) is 32.2. The van der Waals surface area contributed by atoms with E-state index in [-0.39, 0.29) is 19.4 Å². The van der Waals surface area contributed by atoms with Crippen molar-refractivity contribution in [1.82, 2.24) is 0 Å². The summed E-state index contributed by atoms with van der Waals surface area (Å²) < 4.78 is 26.3. The average Bonchev–Trinajstić information content (AvgIpc) is 3.10. The van der Waals surface area contributed by atoms with Crippen LogP contribution in [0, 0.1) is 0 Å². The van der Waals surface area contributed by atoms with E-state index in [1.54, 1.807) is 0 Å². The van der Waals surface area contributed by atoms with Crippen LogP contribution in [0.1, 0.15) is 174 Å². The van der Waals surface area contributed by atoms with Crippen LogP contribution in [0.2, 0.25) is 0 Å². The monoisotopic (exact) mass is 737 g/mol. The molecular formula is C42H73O8P. The van der Waals surface area contributed by atoms with E-state index in [9.17, 15) is 14.2 Å². The number of esters is 2. The summed E-state index contributed by atoms with van der Waals surface area (Å²) in [7, 11) is -4.77. The highest BCUT2D eigenvalue weighted by atomic mass is 31.2. The van der Waals surface area contributed by atoms with E-state index in [4.69, 9.17) is 19.3 Å². The molecular weight excluding hydrogens is 663 g/mol. The van der Waals surface area contributed by atoms with Crippen molar-refractivity contribution in [3.05, 3.63) is 60.8 Å². The molecule has 1 atom stereocenters. The summed E-state index contributed by atoms with van der Waals surface area (Å²) in [6, 6.07) is 0. The van der Waals surface area contributed by atoms with Crippen molar-refractivity contribution in [3.8, 4) is 0 Å². The van der Waals surface area contributed by atoms with Crippen LogP contribution in [0.3, 0.4) is 0 Å². The summed E-state index contributed by atoms with van der Waals surface area (Å²) in [4.78, 5) is 42.8. The quantitative estimate of drug-likeness (QED) is 0.0282. The Bertz CT molecular complexity index is 1010. The van der Waals surface area contributed by atoms with E-state index in [1.807, 2.05) is 6.08 Å². The normalized spacial score (nSPS) is 13.1. The highest BCUT2D eigenvalue weighted by Crippen LogP contribution is 2.36. The molecule has 51 heavy (non-hydrogen) atoms. The number of carbonyl (C=O) groups is 2. The molecule has 0 rings (SSSR count). The maximum Gasteiger partial charge on any atom is 0.469 e. The number of carbonyl (C=O) groups excluding carboxylic acids is 2. The molecule has 2 N–H and O–H groups in total. The van der Waals surface area contributed by atoms with E-state index in [1.165, 1.54) is 77.0 Å². The molecule has 294 valence electrons. The van der Waals surface area contributed by atoms with Crippen LogP contribution in [0.5, 0.6) is 0 Å². The van der Waals surface area contributed by atoms with Crippen molar-refractivity contribution in [2.45, 2.75) is 180 Å². The second-order valence-electron chi connectivity index (χ2n) is 13.2. The first kappa shape index (κ1) is 48.8. The molecule has 0 heterocycles. The topological polar surface area (TPSA) is 119 Å². The lowest BCUT2D eigenvalue weighted by molar-refractivity contribution is -0.161. The van der Waals surface area contributed by atoms with Gasteiger partial charge in [0.2, 0.25) is 0 Å². The molecule has 0 radical (unpaired) electrons. The molecule has 0 unspecified atom stereocenters. The molecule has 0 bridgehead atoms. The van der Waals surface area contributed by atoms with Gasteiger partial charge in [-0.25, -0.2) is 4.57 Å². The standard InChI is InChI=1S/C42H73O8P/c1-3-5-7-9-11-13-15-17-19-21-23-24-26-28-30-32-34-36-41(43)48-38-40(39-49-51(45,46)47)50-42(44)37-35-33-31-29-27-25-22-20-18-16-14-12-10-8-6-4-2/h5,7,11,13,17,19,23-24,28,30,40H,3-4,6,8-10,12,14-16,18,20-22,25-27,29,31-39H2,1-2H3,(H2,45,46,47)/b7-5+,13-11+,19-17+,24-23+,30-28+/t40-/m1/s1. The third-order valence-electron chi connectivity index (χ3n) is 8.30. The third kappa shape index (κ3) is 40.4. The fraction of sp³-hybridized carbons (Fsp3) is 0.714. The van der Waals surface area contributed by atoms with Crippen LogP contribution in [0.4, 0.5) is 0 Å². The second kappa shape index (κ2) is 37.5. The van der Waals surface area contributed by atoms with Crippen molar-refractivity contribution in [2.24, 2.45) is 0 Å². The Balaban J connectivity index is 4.03. The van der Waals surface area contributed by atoms with Crippen LogP contribution < -0.4 is 0 Å². The Hall–Kier alpha value is -2.25. The van der Waals surface area contributed by atoms with Crippen LogP contribution in [-0.4, -0.2) is 41.0 Å². The zero-order valence-corrected chi connectivity index (χ0v) is 33.1. The lowest BCUT2D eigenvalue weighted by atomic mass is 10.0. The maximum absolute atomic E-state index is 12.4. The first-order valence-electron chi connectivity index (χ1n) is 20.1. The SMILES string of the molecule is CC/C=C/C/C=C/C/C=C/C/C=C/C/C=C/CCCC(=O)OC[C@H](COP(=O)(O)O)OC(=O)CCCCCCCCCCCCCCCCCC. The van der Waals surface area contributed by atoms with Crippen molar-refractivity contribution in [1.29, 1.82) is 0 Å². The number of ether oxygens (including phenoxy) is 2. The van der Waals surface area contributed by atoms with Gasteiger partial charge in [-0.15, -0.1) is 0 Å². The van der Waals surface area contributed by atoms with E-state index in [2.05, 4.69) is 73.1 Å². The van der Waals surface area contributed by atoms with Gasteiger partial charge < -0.3 is 19.3 Å². The molecule has 0 aliphatic carbocycles. The smallest absolute Gasteiger partial charge is 0.462 e. The van der Waals surface area contributed by atoms with E-state index >= 15 is 0 Å². The minimum Gasteiger partial charge on any atom is -0.462 e. The average molecular weight is 737 g/mol. The molecule has 0 aliphatic heterocycles. The lowest BCUT2D eigenvalue weighted by Crippen LogP contribution is -2.29. The minimum absolute atomic E-state index is 0.188. The van der Waals surface area contributed by atoms with Gasteiger partial charge in [0.25, 0.3) is 0 Å². The van der Waals surface area contributed by atoms with Gasteiger partial charge in [0.05, 0.1) is 6.61 Å². The highest BCUT2D eigenvalue weighted by Gasteiger charge is 2.22. The van der Waals surface area contributed by atoms with Crippen molar-refractivity contribution < 1.29 is 37.9 Å². The molecule has 0 spiro atoms. The number of unbranched alkanes of at least 4 members (excludes halogenated alkanes) is 16. The Kier molecular flexibility index (Phi) is 35.9. The van der Waals surface area contributed by atoms with Gasteiger partial charge in [-0.2, -0.15) is 0 Å². The summed E-state index contributed by atoms with van der Waals surface area (Å²) >= 11 is 0. The molecule has 0 aromatic carbocycles. The molecule has 0 aliphatic rings. The lowest BCUT2D eigenvalue weighted by Gasteiger charge is -2.18. The summed E-state index contributed by atoms with van der Waals surface area (Å²) in [5.41, 5.74) is 0. The summed E-state index contributed by atoms with van der Waals surface area (Å²) in [6.45, 7) is 3.52. The summed E-state index contributed by atoms with van der Waals surface area (Å²) in [5, 5.41) is 0. The van der Waals surface area contributed by atoms with E-state index in [0.29, 0.717) is 12.8 Å². The van der Waals surface area contributed by atoms with Crippen LogP contribution >= 0.6 is 7.82 Å². The van der Waals surface area contributed by atoms with Crippen LogP contribution in [0.15, 0.2) is 60.8 Å². The second-order valence-corrected chi connectivity index (χ2v) is 14.5. The largest absolute Gasteiger partial charge is 0.469 e. The van der Waals surface area contributed by atoms with Crippen molar-refractivity contribution in [3.63, 3.8) is 0 Å². The molecule has 0 amide bonds. The molecule has 0 saturated heterocycles. The first-order chi connectivity index (χ1) is 24.8. The molecule has 0 aromatic heterocycles. The van der Waals surface area contributed by atoms with Gasteiger partial charge in [0.1, 0.15) is 6.61 Å². The Morgan fingerprint density at radius 3 is 1.39 bits per heavy atom. The third-order valence-corrected chi connectivity index (χ3v) is 8.79.